The van der Waals surface area contributed by atoms with Crippen LogP contribution in [-0.4, -0.2) is 36.7 Å². The summed E-state index contributed by atoms with van der Waals surface area (Å²) in [5.74, 6) is -0.380. The summed E-state index contributed by atoms with van der Waals surface area (Å²) in [4.78, 5) is 17.3. The van der Waals surface area contributed by atoms with E-state index < -0.39 is 0 Å². The van der Waals surface area contributed by atoms with E-state index in [0.717, 1.165) is 30.8 Å². The molecule has 0 amide bonds. The molecule has 5 heteroatoms. The Morgan fingerprint density at radius 1 is 1.53 bits per heavy atom. The van der Waals surface area contributed by atoms with Crippen molar-refractivity contribution in [3.05, 3.63) is 11.6 Å². The van der Waals surface area contributed by atoms with Crippen LogP contribution in [0, 0.1) is 0 Å². The van der Waals surface area contributed by atoms with E-state index >= 15 is 0 Å². The van der Waals surface area contributed by atoms with Crippen LogP contribution >= 0.6 is 12.4 Å². The first-order chi connectivity index (χ1) is 6.59. The Labute approximate surface area is 96.4 Å². The van der Waals surface area contributed by atoms with Gasteiger partial charge >= 0.3 is 5.97 Å². The third-order valence-electron chi connectivity index (χ3n) is 2.12. The molecular weight excluding hydrogens is 216 g/mol. The van der Waals surface area contributed by atoms with Crippen LogP contribution in [-0.2, 0) is 9.63 Å². The highest BCUT2D eigenvalue weighted by atomic mass is 35.5. The second kappa shape index (κ2) is 6.58. The maximum atomic E-state index is 10.5. The zero-order valence-corrected chi connectivity index (χ0v) is 10.1. The van der Waals surface area contributed by atoms with Gasteiger partial charge in [0.2, 0.25) is 0 Å². The first-order valence-corrected chi connectivity index (χ1v) is 4.69. The SMILES string of the molecule is CC(=O)O/N=C(\C)C1=CCCN(C)C1.Cl. The summed E-state index contributed by atoms with van der Waals surface area (Å²) in [6, 6.07) is 0. The molecule has 15 heavy (non-hydrogen) atoms. The van der Waals surface area contributed by atoms with Gasteiger partial charge in [0.1, 0.15) is 0 Å². The minimum Gasteiger partial charge on any atom is -0.318 e. The molecule has 4 nitrogen and oxygen atoms in total. The summed E-state index contributed by atoms with van der Waals surface area (Å²) in [6.45, 7) is 5.15. The molecule has 1 heterocycles. The van der Waals surface area contributed by atoms with Gasteiger partial charge in [-0.2, -0.15) is 0 Å². The largest absolute Gasteiger partial charge is 0.331 e. The number of rotatable bonds is 2. The van der Waals surface area contributed by atoms with Crippen molar-refractivity contribution in [3.8, 4) is 0 Å². The van der Waals surface area contributed by atoms with Crippen molar-refractivity contribution in [3.63, 3.8) is 0 Å². The van der Waals surface area contributed by atoms with Gasteiger partial charge in [0.05, 0.1) is 5.71 Å². The minimum absolute atomic E-state index is 0. The molecular formula is C10H17ClN2O2. The van der Waals surface area contributed by atoms with E-state index in [1.165, 1.54) is 6.92 Å². The van der Waals surface area contributed by atoms with E-state index in [4.69, 9.17) is 0 Å². The second-order valence-electron chi connectivity index (χ2n) is 3.52. The molecule has 0 saturated heterocycles. The van der Waals surface area contributed by atoms with Crippen molar-refractivity contribution in [1.29, 1.82) is 0 Å². The first kappa shape index (κ1) is 14.1. The highest BCUT2D eigenvalue weighted by Gasteiger charge is 2.11. The Kier molecular flexibility index (Phi) is 6.20. The number of carbonyl (C=O) groups excluding carboxylic acids is 1. The molecule has 0 saturated carbocycles. The predicted octanol–water partition coefficient (Wildman–Crippen LogP) is 1.61. The van der Waals surface area contributed by atoms with Crippen molar-refractivity contribution >= 4 is 24.1 Å². The molecule has 0 radical (unpaired) electrons. The molecule has 0 spiro atoms. The molecule has 0 N–H and O–H groups in total. The average Bonchev–Trinajstić information content (AvgIpc) is 2.14. The fraction of sp³-hybridized carbons (Fsp3) is 0.600. The average molecular weight is 233 g/mol. The summed E-state index contributed by atoms with van der Waals surface area (Å²) in [5.41, 5.74) is 1.92. The summed E-state index contributed by atoms with van der Waals surface area (Å²) < 4.78 is 0. The maximum absolute atomic E-state index is 10.5. The van der Waals surface area contributed by atoms with E-state index in [0.29, 0.717) is 0 Å². The number of hydrogen-bond acceptors (Lipinski definition) is 4. The molecule has 0 bridgehead atoms. The van der Waals surface area contributed by atoms with Crippen LogP contribution in [0.1, 0.15) is 20.3 Å². The molecule has 0 unspecified atom stereocenters. The molecule has 86 valence electrons. The van der Waals surface area contributed by atoms with Gasteiger partial charge in [0.25, 0.3) is 0 Å². The van der Waals surface area contributed by atoms with E-state index in [2.05, 4.69) is 28.0 Å². The monoisotopic (exact) mass is 232 g/mol. The van der Waals surface area contributed by atoms with Crippen molar-refractivity contribution in [2.24, 2.45) is 5.16 Å². The summed E-state index contributed by atoms with van der Waals surface area (Å²) in [5, 5.41) is 3.75. The fourth-order valence-electron chi connectivity index (χ4n) is 1.35. The third kappa shape index (κ3) is 4.95. The van der Waals surface area contributed by atoms with Gasteiger partial charge in [-0.15, -0.1) is 12.4 Å². The van der Waals surface area contributed by atoms with Gasteiger partial charge in [0, 0.05) is 20.0 Å². The molecule has 0 aliphatic carbocycles. The van der Waals surface area contributed by atoms with Gasteiger partial charge in [0.15, 0.2) is 0 Å². The molecule has 0 fully saturated rings. The molecule has 1 rings (SSSR count). The first-order valence-electron chi connectivity index (χ1n) is 4.69. The van der Waals surface area contributed by atoms with Crippen LogP contribution < -0.4 is 0 Å². The van der Waals surface area contributed by atoms with Crippen LogP contribution in [0.2, 0.25) is 0 Å². The molecule has 1 aliphatic rings. The minimum atomic E-state index is -0.380. The molecule has 0 aromatic carbocycles. The zero-order chi connectivity index (χ0) is 10.6. The van der Waals surface area contributed by atoms with Gasteiger partial charge in [-0.25, -0.2) is 4.79 Å². The Hall–Kier alpha value is -0.870. The highest BCUT2D eigenvalue weighted by Crippen LogP contribution is 2.09. The highest BCUT2D eigenvalue weighted by molar-refractivity contribution is 5.98. The summed E-state index contributed by atoms with van der Waals surface area (Å²) in [6.07, 6.45) is 3.17. The number of likely N-dealkylation sites (N-methyl/N-ethyl adjacent to an activating group) is 1. The van der Waals surface area contributed by atoms with E-state index in [1.54, 1.807) is 0 Å². The van der Waals surface area contributed by atoms with Gasteiger partial charge in [-0.1, -0.05) is 11.2 Å². The Morgan fingerprint density at radius 3 is 2.73 bits per heavy atom. The van der Waals surface area contributed by atoms with Gasteiger partial charge in [-0.05, 0) is 26.0 Å². The van der Waals surface area contributed by atoms with Crippen molar-refractivity contribution in [2.45, 2.75) is 20.3 Å². The quantitative estimate of drug-likeness (QED) is 0.413. The van der Waals surface area contributed by atoms with E-state index in [1.807, 2.05) is 6.92 Å². The number of carbonyl (C=O) groups is 1. The lowest BCUT2D eigenvalue weighted by atomic mass is 10.1. The number of hydrogen-bond donors (Lipinski definition) is 0. The topological polar surface area (TPSA) is 41.9 Å². The van der Waals surface area contributed by atoms with Gasteiger partial charge in [-0.3, -0.25) is 0 Å². The van der Waals surface area contributed by atoms with Gasteiger partial charge < -0.3 is 9.74 Å². The predicted molar refractivity (Wildman–Crippen MR) is 62.3 cm³/mol. The summed E-state index contributed by atoms with van der Waals surface area (Å²) >= 11 is 0. The zero-order valence-electron chi connectivity index (χ0n) is 9.32. The van der Waals surface area contributed by atoms with Crippen molar-refractivity contribution < 1.29 is 9.63 Å². The van der Waals surface area contributed by atoms with E-state index in [-0.39, 0.29) is 18.4 Å². The Balaban J connectivity index is 0.00000196. The van der Waals surface area contributed by atoms with Crippen LogP contribution in [0.5, 0.6) is 0 Å². The van der Waals surface area contributed by atoms with Crippen LogP contribution in [0.25, 0.3) is 0 Å². The van der Waals surface area contributed by atoms with Crippen molar-refractivity contribution in [1.82, 2.24) is 4.90 Å². The standard InChI is InChI=1S/C10H16N2O2.ClH/c1-8(11-14-9(2)13)10-5-4-6-12(3)7-10;/h5H,4,6-7H2,1-3H3;1H/b11-8+;. The lowest BCUT2D eigenvalue weighted by Gasteiger charge is -2.22. The number of nitrogens with zero attached hydrogens (tertiary/aromatic N) is 2. The third-order valence-corrected chi connectivity index (χ3v) is 2.12. The normalized spacial score (nSPS) is 17.8. The van der Waals surface area contributed by atoms with Crippen LogP contribution in [0.3, 0.4) is 0 Å². The van der Waals surface area contributed by atoms with Crippen LogP contribution in [0.15, 0.2) is 16.8 Å². The Bertz CT molecular complexity index is 287. The number of halogens is 1. The van der Waals surface area contributed by atoms with E-state index in [9.17, 15) is 4.79 Å². The maximum Gasteiger partial charge on any atom is 0.331 e. The lowest BCUT2D eigenvalue weighted by Crippen LogP contribution is -2.28. The molecule has 0 atom stereocenters. The fourth-order valence-corrected chi connectivity index (χ4v) is 1.35. The molecule has 0 aromatic heterocycles. The molecule has 0 aromatic rings. The lowest BCUT2D eigenvalue weighted by molar-refractivity contribution is -0.140. The van der Waals surface area contributed by atoms with Crippen molar-refractivity contribution in [2.75, 3.05) is 20.1 Å². The smallest absolute Gasteiger partial charge is 0.318 e. The number of oxime groups is 1. The Morgan fingerprint density at radius 2 is 2.20 bits per heavy atom. The second-order valence-corrected chi connectivity index (χ2v) is 3.52. The summed E-state index contributed by atoms with van der Waals surface area (Å²) in [7, 11) is 2.06. The van der Waals surface area contributed by atoms with Crippen LogP contribution in [0.4, 0.5) is 0 Å². The molecule has 1 aliphatic heterocycles.